The lowest BCUT2D eigenvalue weighted by atomic mass is 10.1. The molecule has 0 radical (unpaired) electrons. The molecular weight excluding hydrogens is 387 g/mol. The Labute approximate surface area is 175 Å². The topological polar surface area (TPSA) is 65.1 Å². The second-order valence-corrected chi connectivity index (χ2v) is 8.57. The highest BCUT2D eigenvalue weighted by Gasteiger charge is 2.38. The van der Waals surface area contributed by atoms with Gasteiger partial charge >= 0.3 is 6.09 Å². The van der Waals surface area contributed by atoms with E-state index >= 15 is 0 Å². The van der Waals surface area contributed by atoms with Crippen LogP contribution >= 0.6 is 0 Å². The number of piperazine rings is 1. The zero-order valence-electron chi connectivity index (χ0n) is 17.5. The number of cyclic esters (lactones) is 1. The third-order valence-electron chi connectivity index (χ3n) is 5.64. The maximum atomic E-state index is 14.8. The number of dihydropyridines is 1. The van der Waals surface area contributed by atoms with E-state index in [0.717, 1.165) is 0 Å². The number of halogens is 1. The van der Waals surface area contributed by atoms with Crippen molar-refractivity contribution in [3.05, 3.63) is 53.5 Å². The fraction of sp³-hybridized carbons (Fsp3) is 0.455. The number of rotatable bonds is 3. The van der Waals surface area contributed by atoms with Crippen LogP contribution in [-0.4, -0.2) is 66.3 Å². The average molecular weight is 414 g/mol. The van der Waals surface area contributed by atoms with Crippen molar-refractivity contribution in [2.45, 2.75) is 32.5 Å². The summed E-state index contributed by atoms with van der Waals surface area (Å²) in [6.45, 7) is 8.43. The minimum atomic E-state index is -0.630. The molecule has 0 saturated carbocycles. The van der Waals surface area contributed by atoms with Crippen molar-refractivity contribution < 1.29 is 18.7 Å². The van der Waals surface area contributed by atoms with Gasteiger partial charge in [0.15, 0.2) is 0 Å². The van der Waals surface area contributed by atoms with E-state index in [1.807, 2.05) is 13.1 Å². The van der Waals surface area contributed by atoms with Crippen LogP contribution in [0.4, 0.5) is 14.9 Å². The van der Waals surface area contributed by atoms with Crippen LogP contribution in [0.15, 0.2) is 42.1 Å². The molecule has 2 saturated heterocycles. The van der Waals surface area contributed by atoms with E-state index in [2.05, 4.69) is 22.4 Å². The number of benzene rings is 1. The van der Waals surface area contributed by atoms with E-state index in [0.29, 0.717) is 38.4 Å². The highest BCUT2D eigenvalue weighted by Crippen LogP contribution is 2.29. The predicted molar refractivity (Wildman–Crippen MR) is 112 cm³/mol. The summed E-state index contributed by atoms with van der Waals surface area (Å²) >= 11 is 0. The molecule has 2 fully saturated rings. The smallest absolute Gasteiger partial charge is 0.415 e. The van der Waals surface area contributed by atoms with Crippen LogP contribution in [0.1, 0.15) is 31.1 Å². The molecule has 4 rings (SSSR count). The number of hydrogen-bond donors (Lipinski definition) is 1. The van der Waals surface area contributed by atoms with Crippen molar-refractivity contribution >= 4 is 17.7 Å². The van der Waals surface area contributed by atoms with Crippen LogP contribution in [0.3, 0.4) is 0 Å². The van der Waals surface area contributed by atoms with E-state index < -0.39 is 17.5 Å². The number of hydrogen-bond acceptors (Lipinski definition) is 5. The average Bonchev–Trinajstić information content (AvgIpc) is 3.00. The van der Waals surface area contributed by atoms with Gasteiger partial charge in [-0.25, -0.2) is 9.18 Å². The minimum Gasteiger partial charge on any atom is -0.441 e. The number of nitrogens with one attached hydrogen (secondary N) is 1. The third-order valence-corrected chi connectivity index (χ3v) is 5.64. The van der Waals surface area contributed by atoms with Crippen molar-refractivity contribution in [1.82, 2.24) is 15.1 Å². The van der Waals surface area contributed by atoms with Crippen LogP contribution in [0.5, 0.6) is 0 Å². The highest BCUT2D eigenvalue weighted by atomic mass is 19.1. The molecule has 1 N–H and O–H groups in total. The molecule has 1 atom stereocenters. The summed E-state index contributed by atoms with van der Waals surface area (Å²) in [4.78, 5) is 30.2. The Balaban J connectivity index is 1.40. The van der Waals surface area contributed by atoms with Gasteiger partial charge in [0.1, 0.15) is 11.4 Å². The molecule has 1 aromatic rings. The number of allylic oxidation sites excluding steroid dienone is 2. The second kappa shape index (κ2) is 7.75. The summed E-state index contributed by atoms with van der Waals surface area (Å²) in [7, 11) is 0. The summed E-state index contributed by atoms with van der Waals surface area (Å²) in [6.07, 6.45) is 5.77. The van der Waals surface area contributed by atoms with Gasteiger partial charge in [0.05, 0.1) is 24.0 Å². The van der Waals surface area contributed by atoms with Gasteiger partial charge < -0.3 is 15.0 Å². The molecule has 30 heavy (non-hydrogen) atoms. The first-order valence-electron chi connectivity index (χ1n) is 10.2. The van der Waals surface area contributed by atoms with Crippen LogP contribution in [0, 0.1) is 5.82 Å². The van der Waals surface area contributed by atoms with Gasteiger partial charge in [0.25, 0.3) is 5.91 Å². The van der Waals surface area contributed by atoms with Crippen molar-refractivity contribution in [1.29, 1.82) is 0 Å². The number of amides is 2. The molecule has 8 heteroatoms. The molecule has 7 nitrogen and oxygen atoms in total. The summed E-state index contributed by atoms with van der Waals surface area (Å²) in [5.41, 5.74) is 0.958. The summed E-state index contributed by atoms with van der Waals surface area (Å²) < 4.78 is 20.0. The van der Waals surface area contributed by atoms with Gasteiger partial charge in [0.2, 0.25) is 0 Å². The van der Waals surface area contributed by atoms with Crippen molar-refractivity contribution in [2.24, 2.45) is 0 Å². The predicted octanol–water partition coefficient (Wildman–Crippen LogP) is 2.71. The van der Waals surface area contributed by atoms with Crippen LogP contribution in [-0.2, 0) is 4.74 Å². The summed E-state index contributed by atoms with van der Waals surface area (Å²) in [5, 5.41) is 3.34. The van der Waals surface area contributed by atoms with E-state index in [1.54, 1.807) is 24.8 Å². The number of ether oxygens (including phenoxy) is 1. The number of carbonyl (C=O) groups excluding carboxylic acids is 2. The largest absolute Gasteiger partial charge is 0.441 e. The zero-order chi connectivity index (χ0) is 21.5. The minimum absolute atomic E-state index is 0.0215. The first-order valence-corrected chi connectivity index (χ1v) is 10.2. The fourth-order valence-corrected chi connectivity index (χ4v) is 3.98. The third kappa shape index (κ3) is 4.05. The maximum absolute atomic E-state index is 14.8. The Kier molecular flexibility index (Phi) is 5.27. The molecule has 160 valence electrons. The highest BCUT2D eigenvalue weighted by molar-refractivity contribution is 5.96. The van der Waals surface area contributed by atoms with E-state index in [4.69, 9.17) is 4.74 Å². The molecule has 0 bridgehead atoms. The van der Waals surface area contributed by atoms with Crippen LogP contribution in [0.25, 0.3) is 0 Å². The van der Waals surface area contributed by atoms with E-state index in [1.165, 1.54) is 22.6 Å². The van der Waals surface area contributed by atoms with E-state index in [-0.39, 0.29) is 17.6 Å². The Bertz CT molecular complexity index is 919. The Morgan fingerprint density at radius 2 is 1.97 bits per heavy atom. The molecule has 2 amide bonds. The maximum Gasteiger partial charge on any atom is 0.415 e. The fourth-order valence-electron chi connectivity index (χ4n) is 3.98. The molecule has 0 spiro atoms. The Hall–Kier alpha value is -2.87. The standard InChI is InChI=1S/C22H27FN4O3/c1-15-4-7-19(24-13-15)25-8-10-26(11-9-25)20(28)17-6-5-16(12-18(17)23)27-14-22(2,3)30-21(27)29/h4-7,12-13,19,24H,8-11,14H2,1-3H3. The lowest BCUT2D eigenvalue weighted by Gasteiger charge is -2.39. The van der Waals surface area contributed by atoms with E-state index in [9.17, 15) is 14.0 Å². The van der Waals surface area contributed by atoms with Crippen molar-refractivity contribution in [3.63, 3.8) is 0 Å². The number of carbonyl (C=O) groups is 2. The van der Waals surface area contributed by atoms with Crippen LogP contribution < -0.4 is 10.2 Å². The van der Waals surface area contributed by atoms with Crippen LogP contribution in [0.2, 0.25) is 0 Å². The zero-order valence-corrected chi connectivity index (χ0v) is 17.5. The van der Waals surface area contributed by atoms with Gasteiger partial charge in [-0.2, -0.15) is 0 Å². The molecule has 3 heterocycles. The molecule has 3 aliphatic rings. The van der Waals surface area contributed by atoms with Crippen molar-refractivity contribution in [3.8, 4) is 0 Å². The SMILES string of the molecule is CC1=CNC(N2CCN(C(=O)c3ccc(N4CC(C)(C)OC4=O)cc3F)CC2)C=C1. The first-order chi connectivity index (χ1) is 14.2. The van der Waals surface area contributed by atoms with Gasteiger partial charge in [0, 0.05) is 32.4 Å². The Morgan fingerprint density at radius 1 is 1.23 bits per heavy atom. The van der Waals surface area contributed by atoms with Gasteiger partial charge in [-0.1, -0.05) is 6.08 Å². The molecule has 0 aliphatic carbocycles. The van der Waals surface area contributed by atoms with Gasteiger partial charge in [-0.15, -0.1) is 0 Å². The number of nitrogens with zero attached hydrogens (tertiary/aromatic N) is 3. The molecule has 0 aromatic heterocycles. The lowest BCUT2D eigenvalue weighted by molar-refractivity contribution is 0.0583. The number of anilines is 1. The normalized spacial score (nSPS) is 23.8. The quantitative estimate of drug-likeness (QED) is 0.824. The summed E-state index contributed by atoms with van der Waals surface area (Å²) in [6, 6.07) is 4.29. The molecule has 1 aromatic carbocycles. The first kappa shape index (κ1) is 20.4. The summed E-state index contributed by atoms with van der Waals surface area (Å²) in [5.74, 6) is -0.958. The molecular formula is C22H27FN4O3. The molecule has 3 aliphatic heterocycles. The lowest BCUT2D eigenvalue weighted by Crippen LogP contribution is -2.54. The van der Waals surface area contributed by atoms with Gasteiger partial charge in [-0.3, -0.25) is 14.6 Å². The van der Waals surface area contributed by atoms with Crippen molar-refractivity contribution in [2.75, 3.05) is 37.6 Å². The Morgan fingerprint density at radius 3 is 2.53 bits per heavy atom. The monoisotopic (exact) mass is 414 g/mol. The second-order valence-electron chi connectivity index (χ2n) is 8.57. The van der Waals surface area contributed by atoms with Gasteiger partial charge in [-0.05, 0) is 50.6 Å². The molecule has 1 unspecified atom stereocenters.